The number of Topliss-reactive ketones (excluding diaryl/α,β-unsaturated/α-hetero) is 2. The zero-order valence-electron chi connectivity index (χ0n) is 14.8. The lowest BCUT2D eigenvalue weighted by Crippen LogP contribution is -2.23. The topological polar surface area (TPSA) is 63.6 Å². The van der Waals surface area contributed by atoms with E-state index in [-0.39, 0.29) is 41.7 Å². The molecule has 0 amide bonds. The van der Waals surface area contributed by atoms with Gasteiger partial charge in [0.25, 0.3) is 0 Å². The van der Waals surface area contributed by atoms with Gasteiger partial charge in [0.15, 0.2) is 11.6 Å². The first kappa shape index (κ1) is 17.9. The van der Waals surface area contributed by atoms with Gasteiger partial charge in [0, 0.05) is 18.8 Å². The van der Waals surface area contributed by atoms with E-state index >= 15 is 0 Å². The van der Waals surface area contributed by atoms with Crippen LogP contribution in [0.25, 0.3) is 0 Å². The van der Waals surface area contributed by atoms with Crippen molar-refractivity contribution in [3.8, 4) is 11.5 Å². The number of hydrogen-bond donors (Lipinski definition) is 1. The van der Waals surface area contributed by atoms with Crippen LogP contribution in [0.4, 0.5) is 0 Å². The lowest BCUT2D eigenvalue weighted by molar-refractivity contribution is -0.122. The summed E-state index contributed by atoms with van der Waals surface area (Å²) in [5.74, 6) is 0.395. The monoisotopic (exact) mass is 350 g/mol. The van der Waals surface area contributed by atoms with Gasteiger partial charge in [0.05, 0.1) is 5.57 Å². The summed E-state index contributed by atoms with van der Waals surface area (Å²) >= 11 is 0. The number of carbonyl (C=O) groups excluding carboxylic acids is 2. The Morgan fingerprint density at radius 3 is 2.58 bits per heavy atom. The smallest absolute Gasteiger partial charge is 0.169 e. The summed E-state index contributed by atoms with van der Waals surface area (Å²) in [6, 6.07) is 16.9. The quantitative estimate of drug-likeness (QED) is 0.736. The molecule has 0 radical (unpaired) electrons. The summed E-state index contributed by atoms with van der Waals surface area (Å²) in [6.45, 7) is 1.88. The second-order valence-electron chi connectivity index (χ2n) is 6.44. The molecule has 1 aliphatic rings. The lowest BCUT2D eigenvalue weighted by atomic mass is 9.81. The lowest BCUT2D eigenvalue weighted by Gasteiger charge is -2.24. The molecule has 4 nitrogen and oxygen atoms in total. The van der Waals surface area contributed by atoms with Crippen LogP contribution >= 0.6 is 0 Å². The van der Waals surface area contributed by atoms with Crippen molar-refractivity contribution >= 4 is 11.6 Å². The molecule has 134 valence electrons. The highest BCUT2D eigenvalue weighted by Crippen LogP contribution is 2.37. The maximum atomic E-state index is 12.2. The van der Waals surface area contributed by atoms with E-state index in [0.29, 0.717) is 18.6 Å². The van der Waals surface area contributed by atoms with Crippen molar-refractivity contribution in [1.82, 2.24) is 0 Å². The second kappa shape index (κ2) is 8.00. The number of aliphatic hydroxyl groups is 1. The molecule has 1 atom stereocenters. The van der Waals surface area contributed by atoms with Crippen molar-refractivity contribution in [1.29, 1.82) is 0 Å². The van der Waals surface area contributed by atoms with E-state index in [2.05, 4.69) is 0 Å². The van der Waals surface area contributed by atoms with Crippen LogP contribution in [-0.2, 0) is 9.59 Å². The number of allylic oxidation sites excluding steroid dienone is 2. The summed E-state index contributed by atoms with van der Waals surface area (Å²) in [5, 5.41) is 10.6. The standard InChI is InChI=1S/C22H22O4/c1-2-7-19(23)21-20(24)13-12-18(22(21)25)15-8-6-11-17(14-15)26-16-9-4-3-5-10-16/h3-6,8-11,14,18,25H,2,7,12-13H2,1H3/t18-/m1/s1. The summed E-state index contributed by atoms with van der Waals surface area (Å²) in [5.41, 5.74) is 0.822. The Labute approximate surface area is 153 Å². The summed E-state index contributed by atoms with van der Waals surface area (Å²) < 4.78 is 5.85. The molecule has 2 aromatic rings. The van der Waals surface area contributed by atoms with Crippen molar-refractivity contribution in [3.05, 3.63) is 71.5 Å². The fourth-order valence-corrected chi connectivity index (χ4v) is 3.25. The number of ketones is 2. The molecular formula is C22H22O4. The Bertz CT molecular complexity index is 836. The number of ether oxygens (including phenoxy) is 1. The first-order valence-electron chi connectivity index (χ1n) is 8.92. The molecule has 4 heteroatoms. The molecule has 2 aromatic carbocycles. The van der Waals surface area contributed by atoms with Gasteiger partial charge in [-0.25, -0.2) is 0 Å². The van der Waals surface area contributed by atoms with Crippen LogP contribution < -0.4 is 4.74 Å². The third-order valence-electron chi connectivity index (χ3n) is 4.52. The SMILES string of the molecule is CCCC(=O)C1=C(O)[C@@H](c2cccc(Oc3ccccc3)c2)CCC1=O. The number of benzene rings is 2. The number of rotatable bonds is 6. The minimum Gasteiger partial charge on any atom is -0.511 e. The van der Waals surface area contributed by atoms with E-state index < -0.39 is 0 Å². The number of aliphatic hydroxyl groups excluding tert-OH is 1. The Morgan fingerprint density at radius 1 is 1.12 bits per heavy atom. The van der Waals surface area contributed by atoms with Gasteiger partial charge in [0.2, 0.25) is 0 Å². The predicted molar refractivity (Wildman–Crippen MR) is 99.5 cm³/mol. The average Bonchev–Trinajstić information content (AvgIpc) is 2.63. The first-order chi connectivity index (χ1) is 12.6. The molecule has 0 heterocycles. The molecule has 0 aromatic heterocycles. The fourth-order valence-electron chi connectivity index (χ4n) is 3.25. The number of para-hydroxylation sites is 1. The zero-order chi connectivity index (χ0) is 18.5. The minimum atomic E-state index is -0.358. The molecule has 0 saturated heterocycles. The average molecular weight is 350 g/mol. The summed E-state index contributed by atoms with van der Waals surface area (Å²) in [4.78, 5) is 24.4. The van der Waals surface area contributed by atoms with Crippen LogP contribution in [0.3, 0.4) is 0 Å². The molecule has 0 saturated carbocycles. The first-order valence-corrected chi connectivity index (χ1v) is 8.92. The molecule has 0 bridgehead atoms. The van der Waals surface area contributed by atoms with Crippen molar-refractivity contribution in [2.24, 2.45) is 0 Å². The molecule has 3 rings (SSSR count). The van der Waals surface area contributed by atoms with Gasteiger partial charge in [0.1, 0.15) is 17.3 Å². The van der Waals surface area contributed by atoms with Gasteiger partial charge in [-0.3, -0.25) is 9.59 Å². The van der Waals surface area contributed by atoms with E-state index in [4.69, 9.17) is 4.74 Å². The normalized spacial score (nSPS) is 17.3. The fraction of sp³-hybridized carbons (Fsp3) is 0.273. The minimum absolute atomic E-state index is 0.0162. The van der Waals surface area contributed by atoms with Gasteiger partial charge < -0.3 is 9.84 Å². The van der Waals surface area contributed by atoms with Crippen LogP contribution in [0.1, 0.15) is 44.1 Å². The summed E-state index contributed by atoms with van der Waals surface area (Å²) in [6.07, 6.45) is 1.68. The molecular weight excluding hydrogens is 328 g/mol. The third kappa shape index (κ3) is 3.85. The van der Waals surface area contributed by atoms with Crippen LogP contribution in [0.15, 0.2) is 65.9 Å². The Balaban J connectivity index is 1.89. The zero-order valence-corrected chi connectivity index (χ0v) is 14.8. The van der Waals surface area contributed by atoms with Crippen LogP contribution in [0, 0.1) is 0 Å². The molecule has 0 aliphatic heterocycles. The Hall–Kier alpha value is -2.88. The van der Waals surface area contributed by atoms with Gasteiger partial charge in [-0.1, -0.05) is 37.3 Å². The molecule has 1 N–H and O–H groups in total. The molecule has 26 heavy (non-hydrogen) atoms. The highest BCUT2D eigenvalue weighted by Gasteiger charge is 2.33. The van der Waals surface area contributed by atoms with E-state index in [1.807, 2.05) is 61.5 Å². The maximum absolute atomic E-state index is 12.2. The van der Waals surface area contributed by atoms with Crippen LogP contribution in [-0.4, -0.2) is 16.7 Å². The van der Waals surface area contributed by atoms with Gasteiger partial charge in [-0.05, 0) is 42.7 Å². The highest BCUT2D eigenvalue weighted by molar-refractivity contribution is 6.21. The van der Waals surface area contributed by atoms with Gasteiger partial charge >= 0.3 is 0 Å². The predicted octanol–water partition coefficient (Wildman–Crippen LogP) is 5.11. The molecule has 0 unspecified atom stereocenters. The number of carbonyl (C=O) groups is 2. The largest absolute Gasteiger partial charge is 0.511 e. The van der Waals surface area contributed by atoms with Crippen molar-refractivity contribution in [2.45, 2.75) is 38.5 Å². The second-order valence-corrected chi connectivity index (χ2v) is 6.44. The van der Waals surface area contributed by atoms with Crippen LogP contribution in [0.5, 0.6) is 11.5 Å². The van der Waals surface area contributed by atoms with Crippen LogP contribution in [0.2, 0.25) is 0 Å². The molecule has 0 spiro atoms. The highest BCUT2D eigenvalue weighted by atomic mass is 16.5. The molecule has 0 fully saturated rings. The maximum Gasteiger partial charge on any atom is 0.169 e. The van der Waals surface area contributed by atoms with E-state index in [1.165, 1.54) is 0 Å². The van der Waals surface area contributed by atoms with Gasteiger partial charge in [-0.15, -0.1) is 0 Å². The Kier molecular flexibility index (Phi) is 5.52. The third-order valence-corrected chi connectivity index (χ3v) is 4.52. The van der Waals surface area contributed by atoms with Crippen molar-refractivity contribution < 1.29 is 19.4 Å². The van der Waals surface area contributed by atoms with Crippen molar-refractivity contribution in [3.63, 3.8) is 0 Å². The van der Waals surface area contributed by atoms with E-state index in [1.54, 1.807) is 0 Å². The number of hydrogen-bond acceptors (Lipinski definition) is 4. The Morgan fingerprint density at radius 2 is 1.85 bits per heavy atom. The van der Waals surface area contributed by atoms with Gasteiger partial charge in [-0.2, -0.15) is 0 Å². The van der Waals surface area contributed by atoms with Crippen molar-refractivity contribution in [2.75, 3.05) is 0 Å². The summed E-state index contributed by atoms with van der Waals surface area (Å²) in [7, 11) is 0. The van der Waals surface area contributed by atoms with E-state index in [9.17, 15) is 14.7 Å². The molecule has 1 aliphatic carbocycles. The van der Waals surface area contributed by atoms with E-state index in [0.717, 1.165) is 11.3 Å².